The second kappa shape index (κ2) is 7.51. The maximum Gasteiger partial charge on any atom is 0.242 e. The largest absolute Gasteiger partial charge is 0.441 e. The van der Waals surface area contributed by atoms with Crippen LogP contribution in [0.4, 0.5) is 0 Å². The second-order valence-electron chi connectivity index (χ2n) is 6.29. The highest BCUT2D eigenvalue weighted by Crippen LogP contribution is 2.21. The first-order valence-corrected chi connectivity index (χ1v) is 8.67. The van der Waals surface area contributed by atoms with Crippen LogP contribution in [0.15, 0.2) is 34.9 Å². The fraction of sp³-hybridized carbons (Fsp3) is 0.421. The predicted octanol–water partition coefficient (Wildman–Crippen LogP) is 2.32. The number of hydrogen-bond donors (Lipinski definition) is 1. The number of aromatic nitrogens is 1. The number of oxazole rings is 1. The Balaban J connectivity index is 1.61. The summed E-state index contributed by atoms with van der Waals surface area (Å²) in [7, 11) is 0. The molecule has 1 atom stereocenters. The van der Waals surface area contributed by atoms with Crippen molar-refractivity contribution in [2.45, 2.75) is 39.2 Å². The van der Waals surface area contributed by atoms with Gasteiger partial charge in [-0.2, -0.15) is 0 Å². The molecule has 1 aliphatic rings. The van der Waals surface area contributed by atoms with Crippen molar-refractivity contribution in [1.82, 2.24) is 15.2 Å². The smallest absolute Gasteiger partial charge is 0.242 e. The molecular weight excluding hydrogens is 318 g/mol. The summed E-state index contributed by atoms with van der Waals surface area (Å²) in [4.78, 5) is 30.3. The van der Waals surface area contributed by atoms with E-state index in [1.54, 1.807) is 11.1 Å². The molecule has 1 N–H and O–H groups in total. The second-order valence-corrected chi connectivity index (χ2v) is 6.29. The van der Waals surface area contributed by atoms with E-state index in [2.05, 4.69) is 10.3 Å². The van der Waals surface area contributed by atoms with Crippen molar-refractivity contribution in [2.24, 2.45) is 0 Å². The third kappa shape index (κ3) is 3.90. The predicted molar refractivity (Wildman–Crippen MR) is 93.8 cm³/mol. The van der Waals surface area contributed by atoms with Gasteiger partial charge in [-0.3, -0.25) is 9.59 Å². The molecule has 3 rings (SSSR count). The highest BCUT2D eigenvalue weighted by molar-refractivity contribution is 5.88. The van der Waals surface area contributed by atoms with Gasteiger partial charge in [0.2, 0.25) is 11.8 Å². The molecule has 2 amide bonds. The molecule has 132 valence electrons. The van der Waals surface area contributed by atoms with Gasteiger partial charge < -0.3 is 14.6 Å². The zero-order valence-electron chi connectivity index (χ0n) is 14.6. The normalized spacial score (nSPS) is 17.4. The van der Waals surface area contributed by atoms with Gasteiger partial charge in [0.1, 0.15) is 6.04 Å². The van der Waals surface area contributed by atoms with E-state index in [1.165, 1.54) is 5.56 Å². The lowest BCUT2D eigenvalue weighted by atomic mass is 10.1. The highest BCUT2D eigenvalue weighted by Gasteiger charge is 2.31. The summed E-state index contributed by atoms with van der Waals surface area (Å²) in [5.74, 6) is 1.14. The van der Waals surface area contributed by atoms with Crippen molar-refractivity contribution in [3.05, 3.63) is 41.9 Å². The van der Waals surface area contributed by atoms with Crippen molar-refractivity contribution in [2.75, 3.05) is 13.1 Å². The van der Waals surface area contributed by atoms with Crippen LogP contribution >= 0.6 is 0 Å². The van der Waals surface area contributed by atoms with Crippen LogP contribution in [-0.4, -0.2) is 40.8 Å². The fourth-order valence-electron chi connectivity index (χ4n) is 3.05. The van der Waals surface area contributed by atoms with Crippen molar-refractivity contribution >= 4 is 11.8 Å². The Hall–Kier alpha value is -2.63. The fourth-order valence-corrected chi connectivity index (χ4v) is 3.05. The van der Waals surface area contributed by atoms with E-state index in [1.807, 2.05) is 38.1 Å². The maximum absolute atomic E-state index is 12.5. The molecule has 1 aromatic carbocycles. The van der Waals surface area contributed by atoms with E-state index in [0.717, 1.165) is 5.56 Å². The number of nitrogens with zero attached hydrogens (tertiary/aromatic N) is 2. The number of rotatable bonds is 5. The third-order valence-electron chi connectivity index (χ3n) is 4.48. The van der Waals surface area contributed by atoms with Gasteiger partial charge in [-0.1, -0.05) is 36.8 Å². The maximum atomic E-state index is 12.5. The first-order chi connectivity index (χ1) is 12.1. The third-order valence-corrected chi connectivity index (χ3v) is 4.48. The van der Waals surface area contributed by atoms with Crippen LogP contribution < -0.4 is 5.32 Å². The molecule has 2 aromatic rings. The molecule has 0 bridgehead atoms. The number of aryl methyl sites for hydroxylation is 2. The Morgan fingerprint density at radius 1 is 1.36 bits per heavy atom. The highest BCUT2D eigenvalue weighted by atomic mass is 16.4. The van der Waals surface area contributed by atoms with Gasteiger partial charge in [0.15, 0.2) is 11.7 Å². The number of benzene rings is 1. The number of amides is 2. The molecule has 0 saturated carbocycles. The SMILES string of the molecule is CCC1C(=O)NCCN1C(=O)CCc1ncc(-c2ccc(C)cc2)o1. The van der Waals surface area contributed by atoms with Crippen molar-refractivity contribution in [3.63, 3.8) is 0 Å². The molecule has 1 aromatic heterocycles. The summed E-state index contributed by atoms with van der Waals surface area (Å²) in [6.45, 7) is 5.02. The summed E-state index contributed by atoms with van der Waals surface area (Å²) in [6.07, 6.45) is 3.03. The van der Waals surface area contributed by atoms with Gasteiger partial charge in [0.25, 0.3) is 0 Å². The molecule has 0 spiro atoms. The Morgan fingerprint density at radius 2 is 2.12 bits per heavy atom. The number of hydrogen-bond acceptors (Lipinski definition) is 4. The first kappa shape index (κ1) is 17.2. The average molecular weight is 341 g/mol. The Morgan fingerprint density at radius 3 is 2.84 bits per heavy atom. The van der Waals surface area contributed by atoms with Gasteiger partial charge in [-0.05, 0) is 13.3 Å². The molecule has 6 nitrogen and oxygen atoms in total. The molecule has 1 aliphatic heterocycles. The van der Waals surface area contributed by atoms with E-state index in [9.17, 15) is 9.59 Å². The molecule has 1 unspecified atom stereocenters. The molecule has 1 saturated heterocycles. The van der Waals surface area contributed by atoms with E-state index < -0.39 is 0 Å². The van der Waals surface area contributed by atoms with Crippen LogP contribution in [0.5, 0.6) is 0 Å². The minimum Gasteiger partial charge on any atom is -0.441 e. The summed E-state index contributed by atoms with van der Waals surface area (Å²) < 4.78 is 5.76. The van der Waals surface area contributed by atoms with Gasteiger partial charge in [0, 0.05) is 31.5 Å². The number of nitrogens with one attached hydrogen (secondary N) is 1. The van der Waals surface area contributed by atoms with Crippen LogP contribution in [0.1, 0.15) is 31.2 Å². The zero-order chi connectivity index (χ0) is 17.8. The van der Waals surface area contributed by atoms with Crippen LogP contribution in [0.3, 0.4) is 0 Å². The molecular formula is C19H23N3O3. The number of carbonyl (C=O) groups excluding carboxylic acids is 2. The summed E-state index contributed by atoms with van der Waals surface area (Å²) >= 11 is 0. The average Bonchev–Trinajstić information content (AvgIpc) is 3.09. The number of carbonyl (C=O) groups is 2. The first-order valence-electron chi connectivity index (χ1n) is 8.67. The Labute approximate surface area is 147 Å². The molecule has 2 heterocycles. The van der Waals surface area contributed by atoms with Gasteiger partial charge >= 0.3 is 0 Å². The van der Waals surface area contributed by atoms with Crippen LogP contribution in [0.2, 0.25) is 0 Å². The summed E-state index contributed by atoms with van der Waals surface area (Å²) in [6, 6.07) is 7.65. The molecule has 25 heavy (non-hydrogen) atoms. The molecule has 1 fully saturated rings. The van der Waals surface area contributed by atoms with Gasteiger partial charge in [0.05, 0.1) is 6.20 Å². The summed E-state index contributed by atoms with van der Waals surface area (Å²) in [5.41, 5.74) is 2.15. The topological polar surface area (TPSA) is 75.4 Å². The molecule has 6 heteroatoms. The van der Waals surface area contributed by atoms with E-state index >= 15 is 0 Å². The molecule has 0 aliphatic carbocycles. The standard InChI is InChI=1S/C19H23N3O3/c1-3-15-19(24)20-10-11-22(15)18(23)9-8-17-21-12-16(25-17)14-6-4-13(2)5-7-14/h4-7,12,15H,3,8-11H2,1-2H3,(H,20,24). The van der Waals surface area contributed by atoms with Gasteiger partial charge in [-0.15, -0.1) is 0 Å². The van der Waals surface area contributed by atoms with Crippen LogP contribution in [0.25, 0.3) is 11.3 Å². The Kier molecular flexibility index (Phi) is 5.16. The minimum absolute atomic E-state index is 0.0308. The lowest BCUT2D eigenvalue weighted by Gasteiger charge is -2.34. The van der Waals surface area contributed by atoms with E-state index in [4.69, 9.17) is 4.42 Å². The zero-order valence-corrected chi connectivity index (χ0v) is 14.6. The Bertz CT molecular complexity index is 752. The van der Waals surface area contributed by atoms with Crippen LogP contribution in [-0.2, 0) is 16.0 Å². The number of piperazine rings is 1. The quantitative estimate of drug-likeness (QED) is 0.905. The minimum atomic E-state index is -0.367. The van der Waals surface area contributed by atoms with Crippen molar-refractivity contribution in [1.29, 1.82) is 0 Å². The summed E-state index contributed by atoms with van der Waals surface area (Å²) in [5, 5.41) is 2.80. The van der Waals surface area contributed by atoms with Crippen LogP contribution in [0, 0.1) is 6.92 Å². The molecule has 0 radical (unpaired) electrons. The van der Waals surface area contributed by atoms with Crippen molar-refractivity contribution in [3.8, 4) is 11.3 Å². The van der Waals surface area contributed by atoms with E-state index in [-0.39, 0.29) is 24.3 Å². The van der Waals surface area contributed by atoms with Crippen molar-refractivity contribution < 1.29 is 14.0 Å². The van der Waals surface area contributed by atoms with Gasteiger partial charge in [-0.25, -0.2) is 4.98 Å². The monoisotopic (exact) mass is 341 g/mol. The lowest BCUT2D eigenvalue weighted by Crippen LogP contribution is -2.56. The lowest BCUT2D eigenvalue weighted by molar-refractivity contribution is -0.143. The van der Waals surface area contributed by atoms with E-state index in [0.29, 0.717) is 37.6 Å².